The van der Waals surface area contributed by atoms with E-state index in [-0.39, 0.29) is 31.7 Å². The van der Waals surface area contributed by atoms with E-state index in [2.05, 4.69) is 25.6 Å². The van der Waals surface area contributed by atoms with Crippen LogP contribution in [0.3, 0.4) is 0 Å². The highest BCUT2D eigenvalue weighted by molar-refractivity contribution is 6.05. The van der Waals surface area contributed by atoms with Gasteiger partial charge in [-0.2, -0.15) is 15.3 Å². The van der Waals surface area contributed by atoms with E-state index in [0.717, 1.165) is 11.1 Å². The molecule has 0 spiro atoms. The summed E-state index contributed by atoms with van der Waals surface area (Å²) in [6.45, 7) is -0.339. The normalized spacial score (nSPS) is 17.2. The van der Waals surface area contributed by atoms with Crippen molar-refractivity contribution in [2.24, 2.45) is 5.73 Å². The molecule has 188 valence electrons. The van der Waals surface area contributed by atoms with Crippen LogP contribution in [0.5, 0.6) is 0 Å². The van der Waals surface area contributed by atoms with Crippen molar-refractivity contribution in [3.8, 4) is 11.1 Å². The Bertz CT molecular complexity index is 1460. The van der Waals surface area contributed by atoms with Crippen LogP contribution in [0.15, 0.2) is 61.1 Å². The Balaban J connectivity index is 1.37. The van der Waals surface area contributed by atoms with Gasteiger partial charge in [-0.1, -0.05) is 12.1 Å². The largest absolute Gasteiger partial charge is 0.364 e. The van der Waals surface area contributed by atoms with Gasteiger partial charge in [0.1, 0.15) is 18.8 Å². The van der Waals surface area contributed by atoms with Crippen molar-refractivity contribution < 1.29 is 18.8 Å². The van der Waals surface area contributed by atoms with Gasteiger partial charge in [-0.15, -0.1) is 0 Å². The Morgan fingerprint density at radius 3 is 2.68 bits per heavy atom. The zero-order valence-electron chi connectivity index (χ0n) is 19.6. The monoisotopic (exact) mass is 502 g/mol. The maximum atomic E-state index is 14.3. The molecule has 1 aromatic carbocycles. The number of hydrogen-bond donors (Lipinski definition) is 2. The number of benzene rings is 1. The molecule has 1 fully saturated rings. The molecule has 0 bridgehead atoms. The average molecular weight is 503 g/mol. The first-order valence-corrected chi connectivity index (χ1v) is 11.6. The van der Waals surface area contributed by atoms with Crippen LogP contribution in [-0.2, 0) is 22.7 Å². The van der Waals surface area contributed by atoms with Crippen LogP contribution in [0, 0.1) is 0 Å². The fraction of sp³-hybridized carbons (Fsp3) is 0.240. The quantitative estimate of drug-likeness (QED) is 0.386. The van der Waals surface area contributed by atoms with Crippen molar-refractivity contribution in [1.82, 2.24) is 35.2 Å². The molecule has 1 saturated heterocycles. The Morgan fingerprint density at radius 1 is 1.08 bits per heavy atom. The first kappa shape index (κ1) is 24.0. The number of fused-ring (bicyclic) bond motifs is 1. The van der Waals surface area contributed by atoms with Gasteiger partial charge in [0.25, 0.3) is 5.91 Å². The number of rotatable bonds is 7. The Kier molecular flexibility index (Phi) is 6.54. The lowest BCUT2D eigenvalue weighted by atomic mass is 10.0. The first-order valence-electron chi connectivity index (χ1n) is 11.6. The van der Waals surface area contributed by atoms with E-state index in [9.17, 15) is 18.8 Å². The van der Waals surface area contributed by atoms with Gasteiger partial charge >= 0.3 is 0 Å². The topological polar surface area (TPSA) is 149 Å². The molecule has 12 heteroatoms. The molecule has 0 saturated carbocycles. The molecule has 3 amide bonds. The van der Waals surface area contributed by atoms with E-state index in [1.165, 1.54) is 9.58 Å². The molecule has 3 aromatic heterocycles. The number of halogens is 1. The fourth-order valence-corrected chi connectivity index (χ4v) is 4.45. The maximum absolute atomic E-state index is 14.3. The number of carbonyl (C=O) groups is 3. The van der Waals surface area contributed by atoms with E-state index in [0.29, 0.717) is 16.6 Å². The minimum Gasteiger partial charge on any atom is -0.364 e. The summed E-state index contributed by atoms with van der Waals surface area (Å²) in [6, 6.07) is 11.4. The molecular weight excluding hydrogens is 479 g/mol. The van der Waals surface area contributed by atoms with Crippen LogP contribution in [0.25, 0.3) is 22.0 Å². The summed E-state index contributed by atoms with van der Waals surface area (Å²) in [4.78, 5) is 43.5. The summed E-state index contributed by atoms with van der Waals surface area (Å²) in [5.41, 5.74) is 8.25. The summed E-state index contributed by atoms with van der Waals surface area (Å²) in [5.74, 6) is -1.71. The lowest BCUT2D eigenvalue weighted by Gasteiger charge is -2.23. The van der Waals surface area contributed by atoms with Gasteiger partial charge in [-0.05, 0) is 35.9 Å². The lowest BCUT2D eigenvalue weighted by Crippen LogP contribution is -2.46. The standard InChI is InChI=1S/C25H23FN8O3/c26-17-10-21(25(37)29-12-18-3-1-2-7-28-18)33(13-17)22(35)14-34-20-5-4-15(16-6-8-30-31-11-16)9-19(20)23(32-34)24(27)36/h1-9,11,17,21H,10,12-14H2,(H2,27,36)(H,29,37)/t17-,21?/m1/s1. The third-order valence-corrected chi connectivity index (χ3v) is 6.23. The van der Waals surface area contributed by atoms with Crippen molar-refractivity contribution in [1.29, 1.82) is 0 Å². The number of primary amides is 1. The molecule has 37 heavy (non-hydrogen) atoms. The van der Waals surface area contributed by atoms with Crippen LogP contribution in [-0.4, -0.2) is 66.3 Å². The molecule has 4 aromatic rings. The highest BCUT2D eigenvalue weighted by Gasteiger charge is 2.40. The summed E-state index contributed by atoms with van der Waals surface area (Å²) in [6.07, 6.45) is 3.31. The third kappa shape index (κ3) is 4.99. The van der Waals surface area contributed by atoms with Gasteiger partial charge in [0.15, 0.2) is 5.69 Å². The summed E-state index contributed by atoms with van der Waals surface area (Å²) < 4.78 is 15.7. The van der Waals surface area contributed by atoms with Crippen molar-refractivity contribution in [3.63, 3.8) is 0 Å². The smallest absolute Gasteiger partial charge is 0.269 e. The van der Waals surface area contributed by atoms with Crippen molar-refractivity contribution in [2.45, 2.75) is 31.7 Å². The van der Waals surface area contributed by atoms with Crippen LogP contribution < -0.4 is 11.1 Å². The predicted molar refractivity (Wildman–Crippen MR) is 130 cm³/mol. The molecule has 0 aliphatic carbocycles. The highest BCUT2D eigenvalue weighted by atomic mass is 19.1. The van der Waals surface area contributed by atoms with Crippen molar-refractivity contribution in [3.05, 3.63) is 72.4 Å². The Hall–Kier alpha value is -4.74. The van der Waals surface area contributed by atoms with Gasteiger partial charge in [-0.25, -0.2) is 4.39 Å². The number of hydrogen-bond acceptors (Lipinski definition) is 7. The van der Waals surface area contributed by atoms with E-state index >= 15 is 0 Å². The summed E-state index contributed by atoms with van der Waals surface area (Å²) in [5, 5.41) is 15.1. The van der Waals surface area contributed by atoms with E-state index in [1.54, 1.807) is 61.1 Å². The SMILES string of the molecule is NC(=O)c1nn(CC(=O)N2C[C@H](F)CC2C(=O)NCc2ccccn2)c2ccc(-c3ccnnc3)cc12. The molecule has 2 atom stereocenters. The highest BCUT2D eigenvalue weighted by Crippen LogP contribution is 2.27. The second kappa shape index (κ2) is 10.1. The Labute approximate surface area is 210 Å². The van der Waals surface area contributed by atoms with Crippen LogP contribution in [0.1, 0.15) is 22.6 Å². The van der Waals surface area contributed by atoms with E-state index in [4.69, 9.17) is 5.73 Å². The fourth-order valence-electron chi connectivity index (χ4n) is 4.45. The third-order valence-electron chi connectivity index (χ3n) is 6.23. The minimum atomic E-state index is -1.33. The number of aromatic nitrogens is 5. The molecule has 4 heterocycles. The minimum absolute atomic E-state index is 0.00103. The van der Waals surface area contributed by atoms with Gasteiger partial charge < -0.3 is 16.0 Å². The summed E-state index contributed by atoms with van der Waals surface area (Å²) >= 11 is 0. The molecule has 1 unspecified atom stereocenters. The number of nitrogens with two attached hydrogens (primary N) is 1. The molecule has 0 radical (unpaired) electrons. The number of nitrogens with one attached hydrogen (secondary N) is 1. The van der Waals surface area contributed by atoms with Gasteiger partial charge in [0, 0.05) is 23.6 Å². The number of carbonyl (C=O) groups excluding carboxylic acids is 3. The number of likely N-dealkylation sites (tertiary alicyclic amines) is 1. The van der Waals surface area contributed by atoms with Crippen molar-refractivity contribution >= 4 is 28.6 Å². The lowest BCUT2D eigenvalue weighted by molar-refractivity contribution is -0.139. The molecule has 5 rings (SSSR count). The summed E-state index contributed by atoms with van der Waals surface area (Å²) in [7, 11) is 0. The second-order valence-corrected chi connectivity index (χ2v) is 8.67. The number of pyridine rings is 1. The van der Waals surface area contributed by atoms with E-state index < -0.39 is 29.9 Å². The molecule has 11 nitrogen and oxygen atoms in total. The van der Waals surface area contributed by atoms with Crippen molar-refractivity contribution in [2.75, 3.05) is 6.54 Å². The van der Waals surface area contributed by atoms with E-state index in [1.807, 2.05) is 0 Å². The molecule has 3 N–H and O–H groups in total. The van der Waals surface area contributed by atoms with Gasteiger partial charge in [-0.3, -0.25) is 24.0 Å². The number of amides is 3. The van der Waals surface area contributed by atoms with Crippen LogP contribution >= 0.6 is 0 Å². The second-order valence-electron chi connectivity index (χ2n) is 8.67. The zero-order chi connectivity index (χ0) is 25.9. The van der Waals surface area contributed by atoms with Gasteiger partial charge in [0.2, 0.25) is 11.8 Å². The predicted octanol–water partition coefficient (Wildman–Crippen LogP) is 1.24. The number of alkyl halides is 1. The van der Waals surface area contributed by atoms with Gasteiger partial charge in [0.05, 0.1) is 36.7 Å². The molecule has 1 aliphatic heterocycles. The average Bonchev–Trinajstić information content (AvgIpc) is 3.49. The van der Waals surface area contributed by atoms with Crippen LogP contribution in [0.4, 0.5) is 4.39 Å². The molecular formula is C25H23FN8O3. The Morgan fingerprint density at radius 2 is 1.95 bits per heavy atom. The molecule has 1 aliphatic rings. The number of nitrogens with zero attached hydrogens (tertiary/aromatic N) is 6. The maximum Gasteiger partial charge on any atom is 0.269 e. The zero-order valence-corrected chi connectivity index (χ0v) is 19.6. The first-order chi connectivity index (χ1) is 17.9. The van der Waals surface area contributed by atoms with Crippen LogP contribution in [0.2, 0.25) is 0 Å².